The third-order valence-electron chi connectivity index (χ3n) is 3.33. The van der Waals surface area contributed by atoms with Crippen molar-refractivity contribution in [2.24, 2.45) is 0 Å². The summed E-state index contributed by atoms with van der Waals surface area (Å²) in [7, 11) is 0. The van der Waals surface area contributed by atoms with Crippen LogP contribution in [0.5, 0.6) is 0 Å². The number of carboxylic acid groups (broad SMARTS) is 1. The molecule has 0 atom stereocenters. The molecule has 0 aliphatic heterocycles. The van der Waals surface area contributed by atoms with E-state index in [9.17, 15) is 14.3 Å². The molecule has 0 unspecified atom stereocenters. The van der Waals surface area contributed by atoms with E-state index in [-0.39, 0.29) is 5.56 Å². The summed E-state index contributed by atoms with van der Waals surface area (Å²) in [5.41, 5.74) is 2.83. The summed E-state index contributed by atoms with van der Waals surface area (Å²) in [6.45, 7) is 1.96. The molecule has 0 bridgehead atoms. The van der Waals surface area contributed by atoms with Gasteiger partial charge in [-0.2, -0.15) is 0 Å². The third kappa shape index (κ3) is 2.48. The molecule has 0 aliphatic carbocycles. The van der Waals surface area contributed by atoms with Gasteiger partial charge in [0.25, 0.3) is 0 Å². The van der Waals surface area contributed by atoms with Crippen molar-refractivity contribution in [3.8, 4) is 11.3 Å². The van der Waals surface area contributed by atoms with Crippen molar-refractivity contribution in [3.05, 3.63) is 65.5 Å². The Bertz CT molecular complexity index is 841. The van der Waals surface area contributed by atoms with E-state index in [0.717, 1.165) is 11.1 Å². The van der Waals surface area contributed by atoms with Crippen molar-refractivity contribution in [3.63, 3.8) is 0 Å². The summed E-state index contributed by atoms with van der Waals surface area (Å²) in [6.07, 6.45) is 0. The Morgan fingerprint density at radius 2 is 1.81 bits per heavy atom. The zero-order valence-corrected chi connectivity index (χ0v) is 11.3. The first-order valence-corrected chi connectivity index (χ1v) is 6.45. The number of pyridine rings is 1. The number of nitrogens with zero attached hydrogens (tertiary/aromatic N) is 1. The Labute approximate surface area is 120 Å². The van der Waals surface area contributed by atoms with Gasteiger partial charge in [0.1, 0.15) is 5.82 Å². The van der Waals surface area contributed by atoms with Crippen molar-refractivity contribution in [1.29, 1.82) is 0 Å². The van der Waals surface area contributed by atoms with Crippen LogP contribution in [0.15, 0.2) is 48.5 Å². The molecule has 104 valence electrons. The second-order valence-electron chi connectivity index (χ2n) is 4.89. The second kappa shape index (κ2) is 4.98. The largest absolute Gasteiger partial charge is 0.478 e. The minimum atomic E-state index is -1.08. The highest BCUT2D eigenvalue weighted by molar-refractivity contribution is 5.99. The quantitative estimate of drug-likeness (QED) is 0.771. The Kier molecular flexibility index (Phi) is 3.14. The fourth-order valence-corrected chi connectivity index (χ4v) is 2.24. The summed E-state index contributed by atoms with van der Waals surface area (Å²) >= 11 is 0. The predicted octanol–water partition coefficient (Wildman–Crippen LogP) is 4.05. The zero-order chi connectivity index (χ0) is 15.0. The van der Waals surface area contributed by atoms with E-state index in [1.165, 1.54) is 18.2 Å². The summed E-state index contributed by atoms with van der Waals surface area (Å²) < 4.78 is 13.3. The number of carboxylic acids is 1. The lowest BCUT2D eigenvalue weighted by atomic mass is 10.0. The van der Waals surface area contributed by atoms with Gasteiger partial charge in [0, 0.05) is 10.9 Å². The van der Waals surface area contributed by atoms with Gasteiger partial charge in [-0.15, -0.1) is 0 Å². The van der Waals surface area contributed by atoms with Gasteiger partial charge in [-0.3, -0.25) is 0 Å². The maximum Gasteiger partial charge on any atom is 0.337 e. The van der Waals surface area contributed by atoms with E-state index in [4.69, 9.17) is 0 Å². The summed E-state index contributed by atoms with van der Waals surface area (Å²) in [6, 6.07) is 13.1. The highest BCUT2D eigenvalue weighted by Gasteiger charge is 2.15. The maximum absolute atomic E-state index is 13.3. The Morgan fingerprint density at radius 1 is 1.10 bits per heavy atom. The first kappa shape index (κ1) is 13.2. The monoisotopic (exact) mass is 281 g/mol. The third-order valence-corrected chi connectivity index (χ3v) is 3.33. The summed E-state index contributed by atoms with van der Waals surface area (Å²) in [5.74, 6) is -1.49. The lowest BCUT2D eigenvalue weighted by molar-refractivity contribution is 0.0697. The van der Waals surface area contributed by atoms with E-state index < -0.39 is 11.8 Å². The van der Waals surface area contributed by atoms with E-state index in [2.05, 4.69) is 4.98 Å². The van der Waals surface area contributed by atoms with Crippen molar-refractivity contribution >= 4 is 16.9 Å². The number of rotatable bonds is 2. The van der Waals surface area contributed by atoms with Gasteiger partial charge in [0.15, 0.2) is 0 Å². The van der Waals surface area contributed by atoms with Crippen molar-refractivity contribution in [2.45, 2.75) is 6.92 Å². The number of aromatic nitrogens is 1. The van der Waals surface area contributed by atoms with Crippen LogP contribution in [-0.2, 0) is 0 Å². The van der Waals surface area contributed by atoms with Gasteiger partial charge in [-0.05, 0) is 31.2 Å². The summed E-state index contributed by atoms with van der Waals surface area (Å²) in [5, 5.41) is 9.85. The van der Waals surface area contributed by atoms with Crippen LogP contribution in [0.3, 0.4) is 0 Å². The normalized spacial score (nSPS) is 10.8. The lowest BCUT2D eigenvalue weighted by Crippen LogP contribution is -2.02. The number of fused-ring (bicyclic) bond motifs is 1. The number of hydrogen-bond acceptors (Lipinski definition) is 2. The second-order valence-corrected chi connectivity index (χ2v) is 4.89. The topological polar surface area (TPSA) is 50.2 Å². The van der Waals surface area contributed by atoms with Crippen molar-refractivity contribution in [2.75, 3.05) is 0 Å². The first-order chi connectivity index (χ1) is 10.0. The van der Waals surface area contributed by atoms with Gasteiger partial charge >= 0.3 is 5.97 Å². The molecule has 2 aromatic carbocycles. The van der Waals surface area contributed by atoms with Gasteiger partial charge in [0.05, 0.1) is 16.8 Å². The van der Waals surface area contributed by atoms with Crippen LogP contribution in [0.25, 0.3) is 22.2 Å². The molecule has 0 radical (unpaired) electrons. The van der Waals surface area contributed by atoms with E-state index in [1.807, 2.05) is 31.2 Å². The molecule has 1 aromatic heterocycles. The molecule has 0 spiro atoms. The molecular weight excluding hydrogens is 269 g/mol. The highest BCUT2D eigenvalue weighted by Crippen LogP contribution is 2.26. The molecule has 3 aromatic rings. The number of aromatic carboxylic acids is 1. The van der Waals surface area contributed by atoms with Gasteiger partial charge in [-0.1, -0.05) is 29.8 Å². The number of aryl methyl sites for hydroxylation is 1. The van der Waals surface area contributed by atoms with Crippen LogP contribution in [-0.4, -0.2) is 16.1 Å². The molecule has 21 heavy (non-hydrogen) atoms. The number of carbonyl (C=O) groups is 1. The van der Waals surface area contributed by atoms with Crippen LogP contribution >= 0.6 is 0 Å². The SMILES string of the molecule is Cc1ccc(-c2nc3ccc(F)cc3cc2C(=O)O)cc1. The van der Waals surface area contributed by atoms with Crippen molar-refractivity contribution in [1.82, 2.24) is 4.98 Å². The minimum absolute atomic E-state index is 0.0666. The molecule has 1 heterocycles. The Morgan fingerprint density at radius 3 is 2.48 bits per heavy atom. The zero-order valence-electron chi connectivity index (χ0n) is 11.3. The fraction of sp³-hybridized carbons (Fsp3) is 0.0588. The molecule has 4 heteroatoms. The average Bonchev–Trinajstić information content (AvgIpc) is 2.46. The van der Waals surface area contributed by atoms with Crippen LogP contribution in [0.2, 0.25) is 0 Å². The highest BCUT2D eigenvalue weighted by atomic mass is 19.1. The molecule has 0 saturated heterocycles. The van der Waals surface area contributed by atoms with Gasteiger partial charge < -0.3 is 5.11 Å². The number of benzene rings is 2. The molecule has 0 saturated carbocycles. The first-order valence-electron chi connectivity index (χ1n) is 6.45. The predicted molar refractivity (Wildman–Crippen MR) is 78.8 cm³/mol. The van der Waals surface area contributed by atoms with Crippen LogP contribution < -0.4 is 0 Å². The summed E-state index contributed by atoms with van der Waals surface area (Å²) in [4.78, 5) is 15.8. The fourth-order valence-electron chi connectivity index (χ4n) is 2.24. The molecule has 0 fully saturated rings. The molecule has 0 aliphatic rings. The lowest BCUT2D eigenvalue weighted by Gasteiger charge is -2.08. The molecule has 0 amide bonds. The van der Waals surface area contributed by atoms with Gasteiger partial charge in [-0.25, -0.2) is 14.2 Å². The molecule has 3 rings (SSSR count). The van der Waals surface area contributed by atoms with Crippen LogP contribution in [0.1, 0.15) is 15.9 Å². The Balaban J connectivity index is 2.29. The minimum Gasteiger partial charge on any atom is -0.478 e. The standard InChI is InChI=1S/C17H12FNO2/c1-10-2-4-11(5-3-10)16-14(17(20)21)9-12-8-13(18)6-7-15(12)19-16/h2-9H,1H3,(H,20,21). The molecule has 1 N–H and O–H groups in total. The smallest absolute Gasteiger partial charge is 0.337 e. The van der Waals surface area contributed by atoms with Crippen LogP contribution in [0, 0.1) is 12.7 Å². The van der Waals surface area contributed by atoms with Gasteiger partial charge in [0.2, 0.25) is 0 Å². The van der Waals surface area contributed by atoms with E-state index in [1.54, 1.807) is 6.07 Å². The molecular formula is C17H12FNO2. The number of hydrogen-bond donors (Lipinski definition) is 1. The van der Waals surface area contributed by atoms with E-state index in [0.29, 0.717) is 16.6 Å². The Hall–Kier alpha value is -2.75. The maximum atomic E-state index is 13.3. The average molecular weight is 281 g/mol. The molecule has 3 nitrogen and oxygen atoms in total. The number of halogens is 1. The van der Waals surface area contributed by atoms with Crippen LogP contribution in [0.4, 0.5) is 4.39 Å². The van der Waals surface area contributed by atoms with Crippen molar-refractivity contribution < 1.29 is 14.3 Å². The van der Waals surface area contributed by atoms with E-state index >= 15 is 0 Å².